The summed E-state index contributed by atoms with van der Waals surface area (Å²) in [5, 5.41) is 23.1. The van der Waals surface area contributed by atoms with Gasteiger partial charge in [-0.15, -0.1) is 0 Å². The third-order valence-electron chi connectivity index (χ3n) is 2.30. The molecule has 0 aliphatic heterocycles. The molecule has 92 valence electrons. The van der Waals surface area contributed by atoms with Crippen molar-refractivity contribution in [1.29, 1.82) is 10.5 Å². The van der Waals surface area contributed by atoms with Gasteiger partial charge in [0.25, 0.3) is 0 Å². The normalized spacial score (nSPS) is 9.16. The summed E-state index contributed by atoms with van der Waals surface area (Å²) >= 11 is 0. The lowest BCUT2D eigenvalue weighted by Crippen LogP contribution is -2.02. The van der Waals surface area contributed by atoms with E-state index in [-0.39, 0.29) is 6.54 Å². The number of nitrogens with one attached hydrogen (secondary N) is 2. The maximum absolute atomic E-state index is 8.71. The molecule has 0 bridgehead atoms. The van der Waals surface area contributed by atoms with E-state index in [1.165, 1.54) is 6.33 Å². The van der Waals surface area contributed by atoms with Gasteiger partial charge in [-0.2, -0.15) is 10.5 Å². The molecule has 0 atom stereocenters. The zero-order chi connectivity index (χ0) is 13.5. The van der Waals surface area contributed by atoms with E-state index < -0.39 is 0 Å². The predicted molar refractivity (Wildman–Crippen MR) is 70.6 cm³/mol. The van der Waals surface area contributed by atoms with Crippen LogP contribution in [-0.2, 0) is 0 Å². The van der Waals surface area contributed by atoms with Crippen molar-refractivity contribution < 1.29 is 0 Å². The third-order valence-corrected chi connectivity index (χ3v) is 2.30. The summed E-state index contributed by atoms with van der Waals surface area (Å²) in [5.41, 5.74) is 1.42. The van der Waals surface area contributed by atoms with E-state index in [4.69, 9.17) is 10.5 Å². The Morgan fingerprint density at radius 2 is 1.79 bits per heavy atom. The van der Waals surface area contributed by atoms with Crippen LogP contribution >= 0.6 is 0 Å². The molecule has 0 aliphatic carbocycles. The lowest BCUT2D eigenvalue weighted by Gasteiger charge is -2.07. The minimum Gasteiger partial charge on any atom is -0.357 e. The Bertz CT molecular complexity index is 635. The van der Waals surface area contributed by atoms with Crippen molar-refractivity contribution in [3.05, 3.63) is 42.2 Å². The Kier molecular flexibility index (Phi) is 3.89. The van der Waals surface area contributed by atoms with Crippen molar-refractivity contribution in [2.75, 3.05) is 17.2 Å². The molecule has 6 nitrogen and oxygen atoms in total. The monoisotopic (exact) mass is 250 g/mol. The first kappa shape index (κ1) is 12.3. The Morgan fingerprint density at radius 1 is 1.05 bits per heavy atom. The van der Waals surface area contributed by atoms with Crippen molar-refractivity contribution in [2.24, 2.45) is 0 Å². The lowest BCUT2D eigenvalue weighted by atomic mass is 10.2. The van der Waals surface area contributed by atoms with E-state index in [9.17, 15) is 0 Å². The van der Waals surface area contributed by atoms with Crippen LogP contribution in [0.5, 0.6) is 0 Å². The van der Waals surface area contributed by atoms with E-state index in [1.807, 2.05) is 6.07 Å². The zero-order valence-corrected chi connectivity index (χ0v) is 9.96. The molecule has 0 fully saturated rings. The van der Waals surface area contributed by atoms with Crippen LogP contribution in [-0.4, -0.2) is 16.5 Å². The largest absolute Gasteiger partial charge is 0.357 e. The molecule has 1 aromatic heterocycles. The van der Waals surface area contributed by atoms with Gasteiger partial charge in [0.2, 0.25) is 0 Å². The topological polar surface area (TPSA) is 97.4 Å². The van der Waals surface area contributed by atoms with E-state index in [2.05, 4.69) is 26.7 Å². The molecule has 0 amide bonds. The van der Waals surface area contributed by atoms with Crippen LogP contribution in [0.25, 0.3) is 0 Å². The van der Waals surface area contributed by atoms with Gasteiger partial charge in [0.05, 0.1) is 17.7 Å². The number of nitriles is 2. The minimum absolute atomic E-state index is 0.188. The molecule has 0 aliphatic rings. The average molecular weight is 250 g/mol. The average Bonchev–Trinajstić information content (AvgIpc) is 2.46. The second-order valence-electron chi connectivity index (χ2n) is 3.61. The molecule has 0 saturated carbocycles. The first-order valence-corrected chi connectivity index (χ1v) is 5.52. The molecule has 2 N–H and O–H groups in total. The van der Waals surface area contributed by atoms with Crippen LogP contribution in [0.15, 0.2) is 36.7 Å². The summed E-state index contributed by atoms with van der Waals surface area (Å²) < 4.78 is 0. The van der Waals surface area contributed by atoms with E-state index in [0.29, 0.717) is 17.2 Å². The van der Waals surface area contributed by atoms with Gasteiger partial charge >= 0.3 is 0 Å². The molecule has 19 heavy (non-hydrogen) atoms. The first-order valence-electron chi connectivity index (χ1n) is 5.52. The molecule has 1 aromatic carbocycles. The SMILES string of the molecule is N#CCNc1cc(Nc2ccc(C#N)cc2)ncn1. The number of rotatable bonds is 4. The van der Waals surface area contributed by atoms with E-state index >= 15 is 0 Å². The molecule has 1 heterocycles. The van der Waals surface area contributed by atoms with Gasteiger partial charge in [0.15, 0.2) is 0 Å². The van der Waals surface area contributed by atoms with Crippen molar-refractivity contribution in [3.63, 3.8) is 0 Å². The van der Waals surface area contributed by atoms with Crippen LogP contribution in [0.2, 0.25) is 0 Å². The Balaban J connectivity index is 2.10. The molecule has 6 heteroatoms. The second-order valence-corrected chi connectivity index (χ2v) is 3.61. The second kappa shape index (κ2) is 5.99. The van der Waals surface area contributed by atoms with Gasteiger partial charge < -0.3 is 10.6 Å². The number of hydrogen-bond donors (Lipinski definition) is 2. The van der Waals surface area contributed by atoms with Gasteiger partial charge in [-0.25, -0.2) is 9.97 Å². The number of hydrogen-bond acceptors (Lipinski definition) is 6. The fourth-order valence-electron chi connectivity index (χ4n) is 1.43. The Morgan fingerprint density at radius 3 is 2.47 bits per heavy atom. The lowest BCUT2D eigenvalue weighted by molar-refractivity contribution is 1.14. The summed E-state index contributed by atoms with van der Waals surface area (Å²) in [5.74, 6) is 1.19. The van der Waals surface area contributed by atoms with Crippen LogP contribution in [0.4, 0.5) is 17.3 Å². The zero-order valence-electron chi connectivity index (χ0n) is 9.96. The summed E-state index contributed by atoms with van der Waals surface area (Å²) in [6.45, 7) is 0.188. The standard InChI is InChI=1S/C13H10N6/c14-5-6-16-12-7-13(18-9-17-12)19-11-3-1-10(8-15)2-4-11/h1-4,7,9H,6H2,(H2,16,17,18,19). The molecular formula is C13H10N6. The Labute approximate surface area is 110 Å². The molecule has 0 unspecified atom stereocenters. The highest BCUT2D eigenvalue weighted by Gasteiger charge is 1.99. The van der Waals surface area contributed by atoms with Crippen LogP contribution in [0.1, 0.15) is 5.56 Å². The number of nitrogens with zero attached hydrogens (tertiary/aromatic N) is 4. The van der Waals surface area contributed by atoms with E-state index in [1.54, 1.807) is 30.3 Å². The van der Waals surface area contributed by atoms with E-state index in [0.717, 1.165) is 5.69 Å². The molecule has 2 aromatic rings. The summed E-state index contributed by atoms with van der Waals surface area (Å²) in [7, 11) is 0. The van der Waals surface area contributed by atoms with Crippen molar-refractivity contribution in [1.82, 2.24) is 9.97 Å². The van der Waals surface area contributed by atoms with Gasteiger partial charge in [-0.3, -0.25) is 0 Å². The van der Waals surface area contributed by atoms with Gasteiger partial charge in [0, 0.05) is 11.8 Å². The fourth-order valence-corrected chi connectivity index (χ4v) is 1.43. The molecule has 0 spiro atoms. The quantitative estimate of drug-likeness (QED) is 0.806. The maximum atomic E-state index is 8.71. The summed E-state index contributed by atoms with van der Waals surface area (Å²) in [6.07, 6.45) is 1.41. The fraction of sp³-hybridized carbons (Fsp3) is 0.0769. The van der Waals surface area contributed by atoms with Gasteiger partial charge in [0.1, 0.15) is 24.5 Å². The summed E-state index contributed by atoms with van der Waals surface area (Å²) in [4.78, 5) is 8.06. The minimum atomic E-state index is 0.188. The number of anilines is 3. The van der Waals surface area contributed by atoms with Crippen molar-refractivity contribution in [2.45, 2.75) is 0 Å². The highest BCUT2D eigenvalue weighted by atomic mass is 15.1. The molecule has 2 rings (SSSR count). The van der Waals surface area contributed by atoms with Crippen LogP contribution in [0.3, 0.4) is 0 Å². The van der Waals surface area contributed by atoms with Gasteiger partial charge in [-0.05, 0) is 24.3 Å². The van der Waals surface area contributed by atoms with Crippen LogP contribution < -0.4 is 10.6 Å². The number of benzene rings is 1. The van der Waals surface area contributed by atoms with Crippen LogP contribution in [0, 0.1) is 22.7 Å². The number of aromatic nitrogens is 2. The van der Waals surface area contributed by atoms with Crippen molar-refractivity contribution in [3.8, 4) is 12.1 Å². The Hall–Kier alpha value is -3.12. The molecular weight excluding hydrogens is 240 g/mol. The third kappa shape index (κ3) is 3.42. The predicted octanol–water partition coefficient (Wildman–Crippen LogP) is 2.03. The maximum Gasteiger partial charge on any atom is 0.135 e. The molecule has 0 radical (unpaired) electrons. The van der Waals surface area contributed by atoms with Gasteiger partial charge in [-0.1, -0.05) is 0 Å². The highest BCUT2D eigenvalue weighted by Crippen LogP contribution is 2.16. The first-order chi connectivity index (χ1) is 9.31. The molecule has 0 saturated heterocycles. The summed E-state index contributed by atoms with van der Waals surface area (Å²) in [6, 6.07) is 12.8. The van der Waals surface area contributed by atoms with Crippen molar-refractivity contribution >= 4 is 17.3 Å². The highest BCUT2D eigenvalue weighted by molar-refractivity contribution is 5.59. The smallest absolute Gasteiger partial charge is 0.135 e.